The van der Waals surface area contributed by atoms with Crippen molar-refractivity contribution in [1.29, 1.82) is 0 Å². The Balaban J connectivity index is 1.62. The summed E-state index contributed by atoms with van der Waals surface area (Å²) >= 11 is 0. The highest BCUT2D eigenvalue weighted by Gasteiger charge is 2.24. The van der Waals surface area contributed by atoms with Gasteiger partial charge in [-0.15, -0.1) is 0 Å². The third kappa shape index (κ3) is 4.48. The van der Waals surface area contributed by atoms with E-state index in [1.165, 1.54) is 24.3 Å². The van der Waals surface area contributed by atoms with Gasteiger partial charge in [-0.25, -0.2) is 17.2 Å². The Labute approximate surface area is 180 Å². The molecule has 0 aliphatic carbocycles. The van der Waals surface area contributed by atoms with Crippen molar-refractivity contribution < 1.29 is 22.3 Å². The summed E-state index contributed by atoms with van der Waals surface area (Å²) < 4.78 is 53.3. The number of rotatable bonds is 4. The number of halogens is 2. The maximum atomic E-state index is 13.9. The van der Waals surface area contributed by atoms with Gasteiger partial charge in [0, 0.05) is 25.6 Å². The SMILES string of the molecule is CN1CCc2cc(O)c(S(=O)(=O)c3ccc(Cc4ccc(F)cc4F)cc3)cc2CC1. The number of likely N-dealkylation sites (N-methyl/N-ethyl adjacent to an activating group) is 1. The summed E-state index contributed by atoms with van der Waals surface area (Å²) in [7, 11) is -1.90. The highest BCUT2D eigenvalue weighted by Crippen LogP contribution is 2.33. The van der Waals surface area contributed by atoms with Crippen LogP contribution in [0.25, 0.3) is 0 Å². The minimum absolute atomic E-state index is 0.0526. The molecule has 0 fully saturated rings. The smallest absolute Gasteiger partial charge is 0.210 e. The minimum atomic E-state index is -3.92. The summed E-state index contributed by atoms with van der Waals surface area (Å²) in [6.07, 6.45) is 1.69. The molecule has 31 heavy (non-hydrogen) atoms. The Morgan fingerprint density at radius 3 is 2.23 bits per heavy atom. The number of aromatic hydroxyl groups is 1. The Morgan fingerprint density at radius 2 is 1.58 bits per heavy atom. The number of fused-ring (bicyclic) bond motifs is 1. The van der Waals surface area contributed by atoms with Crippen LogP contribution in [-0.4, -0.2) is 38.6 Å². The fourth-order valence-electron chi connectivity index (χ4n) is 3.87. The average Bonchev–Trinajstić information content (AvgIpc) is 2.91. The molecule has 0 aromatic heterocycles. The van der Waals surface area contributed by atoms with Crippen molar-refractivity contribution in [2.45, 2.75) is 29.1 Å². The average molecular weight is 444 g/mol. The number of phenolic OH excluding ortho intramolecular Hbond substituents is 1. The van der Waals surface area contributed by atoms with Gasteiger partial charge < -0.3 is 10.0 Å². The second-order valence-electron chi connectivity index (χ2n) is 7.95. The zero-order valence-corrected chi connectivity index (χ0v) is 17.9. The van der Waals surface area contributed by atoms with Gasteiger partial charge >= 0.3 is 0 Å². The maximum Gasteiger partial charge on any atom is 0.210 e. The van der Waals surface area contributed by atoms with E-state index >= 15 is 0 Å². The highest BCUT2D eigenvalue weighted by atomic mass is 32.2. The topological polar surface area (TPSA) is 57.6 Å². The van der Waals surface area contributed by atoms with E-state index in [0.29, 0.717) is 11.1 Å². The summed E-state index contributed by atoms with van der Waals surface area (Å²) in [4.78, 5) is 2.12. The molecule has 7 heteroatoms. The van der Waals surface area contributed by atoms with Crippen LogP contribution < -0.4 is 0 Å². The van der Waals surface area contributed by atoms with E-state index in [1.807, 2.05) is 7.05 Å². The summed E-state index contributed by atoms with van der Waals surface area (Å²) in [5.41, 5.74) is 2.92. The van der Waals surface area contributed by atoms with Crippen LogP contribution in [0.1, 0.15) is 22.3 Å². The fraction of sp³-hybridized carbons (Fsp3) is 0.250. The first-order chi connectivity index (χ1) is 14.7. The zero-order valence-electron chi connectivity index (χ0n) is 17.1. The molecule has 0 amide bonds. The number of sulfone groups is 1. The summed E-state index contributed by atoms with van der Waals surface area (Å²) in [6, 6.07) is 12.6. The molecule has 0 saturated heterocycles. The quantitative estimate of drug-likeness (QED) is 0.659. The van der Waals surface area contributed by atoms with E-state index < -0.39 is 21.5 Å². The van der Waals surface area contributed by atoms with Crippen LogP contribution in [-0.2, 0) is 29.1 Å². The van der Waals surface area contributed by atoms with Crippen LogP contribution in [0.4, 0.5) is 8.78 Å². The number of hydrogen-bond donors (Lipinski definition) is 1. The van der Waals surface area contributed by atoms with Gasteiger partial charge in [-0.3, -0.25) is 0 Å². The van der Waals surface area contributed by atoms with Gasteiger partial charge in [0.15, 0.2) is 0 Å². The lowest BCUT2D eigenvalue weighted by atomic mass is 10.0. The standard InChI is InChI=1S/C24H23F2NO3S/c1-27-10-8-17-13-23(28)24(14-18(17)9-11-27)31(29,30)21-6-2-16(3-7-21)12-19-4-5-20(25)15-22(19)26/h2-7,13-15,28H,8-12H2,1H3. The molecule has 0 bridgehead atoms. The van der Waals surface area contributed by atoms with Crippen molar-refractivity contribution in [1.82, 2.24) is 4.90 Å². The van der Waals surface area contributed by atoms with Crippen LogP contribution in [0.15, 0.2) is 64.4 Å². The first-order valence-electron chi connectivity index (χ1n) is 10.1. The predicted octanol–water partition coefficient (Wildman–Crippen LogP) is 4.12. The minimum Gasteiger partial charge on any atom is -0.507 e. The number of hydrogen-bond acceptors (Lipinski definition) is 4. The van der Waals surface area contributed by atoms with Gasteiger partial charge in [-0.2, -0.15) is 0 Å². The van der Waals surface area contributed by atoms with Gasteiger partial charge in [0.1, 0.15) is 22.3 Å². The van der Waals surface area contributed by atoms with Crippen LogP contribution in [0.5, 0.6) is 5.75 Å². The lowest BCUT2D eigenvalue weighted by Crippen LogP contribution is -2.20. The molecule has 162 valence electrons. The Bertz CT molecular complexity index is 1220. The monoisotopic (exact) mass is 443 g/mol. The van der Waals surface area contributed by atoms with Crippen molar-refractivity contribution in [2.75, 3.05) is 20.1 Å². The molecule has 0 spiro atoms. The molecule has 0 unspecified atom stereocenters. The fourth-order valence-corrected chi connectivity index (χ4v) is 5.25. The van der Waals surface area contributed by atoms with Crippen LogP contribution >= 0.6 is 0 Å². The van der Waals surface area contributed by atoms with E-state index in [0.717, 1.165) is 43.1 Å². The summed E-state index contributed by atoms with van der Waals surface area (Å²) in [5, 5.41) is 10.5. The molecule has 3 aromatic rings. The summed E-state index contributed by atoms with van der Waals surface area (Å²) in [5.74, 6) is -1.53. The molecule has 1 aliphatic heterocycles. The van der Waals surface area contributed by atoms with Gasteiger partial charge in [0.2, 0.25) is 9.84 Å². The van der Waals surface area contributed by atoms with Crippen LogP contribution in [0.3, 0.4) is 0 Å². The lowest BCUT2D eigenvalue weighted by Gasteiger charge is -2.12. The van der Waals surface area contributed by atoms with Gasteiger partial charge in [-0.1, -0.05) is 18.2 Å². The lowest BCUT2D eigenvalue weighted by molar-refractivity contribution is 0.352. The second-order valence-corrected chi connectivity index (χ2v) is 9.87. The Hall–Kier alpha value is -2.77. The van der Waals surface area contributed by atoms with Gasteiger partial charge in [0.25, 0.3) is 0 Å². The van der Waals surface area contributed by atoms with E-state index in [2.05, 4.69) is 4.90 Å². The third-order valence-electron chi connectivity index (χ3n) is 5.74. The van der Waals surface area contributed by atoms with E-state index in [9.17, 15) is 22.3 Å². The molecule has 1 aliphatic rings. The second kappa shape index (κ2) is 8.40. The number of nitrogens with zero attached hydrogens (tertiary/aromatic N) is 1. The molecular weight excluding hydrogens is 420 g/mol. The molecule has 1 N–H and O–H groups in total. The molecule has 4 nitrogen and oxygen atoms in total. The van der Waals surface area contributed by atoms with E-state index in [1.54, 1.807) is 24.3 Å². The maximum absolute atomic E-state index is 13.9. The van der Waals surface area contributed by atoms with E-state index in [-0.39, 0.29) is 22.0 Å². The van der Waals surface area contributed by atoms with Crippen molar-refractivity contribution in [2.24, 2.45) is 0 Å². The molecule has 4 rings (SSSR count). The largest absolute Gasteiger partial charge is 0.507 e. The third-order valence-corrected chi connectivity index (χ3v) is 7.54. The molecule has 0 atom stereocenters. The Kier molecular flexibility index (Phi) is 5.81. The van der Waals surface area contributed by atoms with Crippen LogP contribution in [0, 0.1) is 11.6 Å². The Morgan fingerprint density at radius 1 is 0.935 bits per heavy atom. The van der Waals surface area contributed by atoms with Gasteiger partial charge in [0.05, 0.1) is 4.90 Å². The van der Waals surface area contributed by atoms with Crippen molar-refractivity contribution in [3.63, 3.8) is 0 Å². The molecule has 3 aromatic carbocycles. The van der Waals surface area contributed by atoms with E-state index in [4.69, 9.17) is 0 Å². The molecule has 0 radical (unpaired) electrons. The van der Waals surface area contributed by atoms with Crippen molar-refractivity contribution in [3.05, 3.63) is 88.5 Å². The van der Waals surface area contributed by atoms with Crippen LogP contribution in [0.2, 0.25) is 0 Å². The number of phenols is 1. The summed E-state index contributed by atoms with van der Waals surface area (Å²) in [6.45, 7) is 1.68. The molecule has 1 heterocycles. The predicted molar refractivity (Wildman–Crippen MR) is 114 cm³/mol. The first kappa shape index (κ1) is 21.5. The normalized spacial score (nSPS) is 14.8. The van der Waals surface area contributed by atoms with Crippen molar-refractivity contribution in [3.8, 4) is 5.75 Å². The van der Waals surface area contributed by atoms with Crippen molar-refractivity contribution >= 4 is 9.84 Å². The highest BCUT2D eigenvalue weighted by molar-refractivity contribution is 7.91. The first-order valence-corrected chi connectivity index (χ1v) is 11.5. The zero-order chi connectivity index (χ0) is 22.2. The molecule has 0 saturated carbocycles. The van der Waals surface area contributed by atoms with Gasteiger partial charge in [-0.05, 0) is 72.5 Å². The number of benzene rings is 3. The molecular formula is C24H23F2NO3S.